The monoisotopic (exact) mass is 236 g/mol. The minimum Gasteiger partial charge on any atom is -0.466 e. The Morgan fingerprint density at radius 1 is 1.25 bits per heavy atom. The summed E-state index contributed by atoms with van der Waals surface area (Å²) < 4.78 is 15.0. The zero-order valence-electron chi connectivity index (χ0n) is 9.72. The SMILES string of the molecule is CCOC(=O)CC(OCC)OCC(O)CO. The molecular formula is C10H20O6. The lowest BCUT2D eigenvalue weighted by Gasteiger charge is -2.18. The third kappa shape index (κ3) is 7.58. The second-order valence-electron chi connectivity index (χ2n) is 3.06. The van der Waals surface area contributed by atoms with Crippen molar-refractivity contribution in [1.82, 2.24) is 0 Å². The number of rotatable bonds is 9. The molecule has 0 aliphatic heterocycles. The van der Waals surface area contributed by atoms with Gasteiger partial charge in [-0.25, -0.2) is 0 Å². The molecule has 6 heteroatoms. The number of carbonyl (C=O) groups is 1. The van der Waals surface area contributed by atoms with E-state index in [0.29, 0.717) is 13.2 Å². The highest BCUT2D eigenvalue weighted by Gasteiger charge is 2.16. The molecule has 0 bridgehead atoms. The molecule has 0 aromatic rings. The van der Waals surface area contributed by atoms with Crippen LogP contribution in [0.3, 0.4) is 0 Å². The Bertz CT molecular complexity index is 184. The predicted octanol–water partition coefficient (Wildman–Crippen LogP) is -0.328. The van der Waals surface area contributed by atoms with Crippen LogP contribution in [0.4, 0.5) is 0 Å². The van der Waals surface area contributed by atoms with Crippen LogP contribution in [0, 0.1) is 0 Å². The van der Waals surface area contributed by atoms with Crippen LogP contribution in [-0.4, -0.2) is 55.0 Å². The summed E-state index contributed by atoms with van der Waals surface area (Å²) in [5.41, 5.74) is 0. The minimum absolute atomic E-state index is 0.0279. The molecule has 0 rings (SSSR count). The third-order valence-electron chi connectivity index (χ3n) is 1.68. The van der Waals surface area contributed by atoms with Crippen molar-refractivity contribution in [2.24, 2.45) is 0 Å². The number of hydrogen-bond acceptors (Lipinski definition) is 6. The van der Waals surface area contributed by atoms with Crippen molar-refractivity contribution in [3.8, 4) is 0 Å². The van der Waals surface area contributed by atoms with Gasteiger partial charge in [0.15, 0.2) is 6.29 Å². The number of aliphatic hydroxyl groups is 2. The summed E-state index contributed by atoms with van der Waals surface area (Å²) in [4.78, 5) is 11.1. The Balaban J connectivity index is 3.91. The molecule has 0 fully saturated rings. The fraction of sp³-hybridized carbons (Fsp3) is 0.900. The molecule has 0 aliphatic rings. The minimum atomic E-state index is -0.967. The smallest absolute Gasteiger partial charge is 0.310 e. The Hall–Kier alpha value is -0.690. The second-order valence-corrected chi connectivity index (χ2v) is 3.06. The number of esters is 1. The maximum Gasteiger partial charge on any atom is 0.310 e. The molecule has 96 valence electrons. The molecule has 0 aliphatic carbocycles. The summed E-state index contributed by atoms with van der Waals surface area (Å²) in [5, 5.41) is 17.6. The summed E-state index contributed by atoms with van der Waals surface area (Å²) in [6.45, 7) is 3.70. The van der Waals surface area contributed by atoms with E-state index in [2.05, 4.69) is 0 Å². The van der Waals surface area contributed by atoms with Gasteiger partial charge in [-0.05, 0) is 13.8 Å². The van der Waals surface area contributed by atoms with Gasteiger partial charge < -0.3 is 24.4 Å². The number of ether oxygens (including phenoxy) is 3. The molecule has 16 heavy (non-hydrogen) atoms. The first-order chi connectivity index (χ1) is 7.63. The van der Waals surface area contributed by atoms with Gasteiger partial charge in [-0.3, -0.25) is 4.79 Å². The highest BCUT2D eigenvalue weighted by molar-refractivity contribution is 5.69. The first kappa shape index (κ1) is 15.3. The van der Waals surface area contributed by atoms with Gasteiger partial charge in [0.25, 0.3) is 0 Å². The van der Waals surface area contributed by atoms with Gasteiger partial charge in [0.2, 0.25) is 0 Å². The highest BCUT2D eigenvalue weighted by atomic mass is 16.7. The lowest BCUT2D eigenvalue weighted by atomic mass is 10.4. The molecule has 0 saturated carbocycles. The van der Waals surface area contributed by atoms with E-state index in [1.54, 1.807) is 13.8 Å². The van der Waals surface area contributed by atoms with Gasteiger partial charge in [0.05, 0.1) is 26.2 Å². The topological polar surface area (TPSA) is 85.2 Å². The Morgan fingerprint density at radius 2 is 1.94 bits per heavy atom. The van der Waals surface area contributed by atoms with E-state index in [4.69, 9.17) is 24.4 Å². The summed E-state index contributed by atoms with van der Waals surface area (Å²) in [5.74, 6) is -0.417. The molecule has 0 aromatic heterocycles. The van der Waals surface area contributed by atoms with Crippen molar-refractivity contribution in [2.45, 2.75) is 32.7 Å². The van der Waals surface area contributed by atoms with E-state index < -0.39 is 25.0 Å². The zero-order valence-corrected chi connectivity index (χ0v) is 9.72. The van der Waals surface area contributed by atoms with Gasteiger partial charge in [-0.15, -0.1) is 0 Å². The predicted molar refractivity (Wildman–Crippen MR) is 55.7 cm³/mol. The molecule has 2 N–H and O–H groups in total. The third-order valence-corrected chi connectivity index (χ3v) is 1.68. The van der Waals surface area contributed by atoms with E-state index >= 15 is 0 Å². The molecule has 0 radical (unpaired) electrons. The molecule has 0 saturated heterocycles. The molecule has 2 unspecified atom stereocenters. The van der Waals surface area contributed by atoms with Crippen molar-refractivity contribution < 1.29 is 29.2 Å². The van der Waals surface area contributed by atoms with Gasteiger partial charge in [-0.2, -0.15) is 0 Å². The van der Waals surface area contributed by atoms with Crippen molar-refractivity contribution in [1.29, 1.82) is 0 Å². The Kier molecular flexibility index (Phi) is 9.12. The van der Waals surface area contributed by atoms with Crippen molar-refractivity contribution in [2.75, 3.05) is 26.4 Å². The normalized spacial score (nSPS) is 14.5. The molecule has 0 aromatic carbocycles. The summed E-state index contributed by atoms with van der Waals surface area (Å²) in [7, 11) is 0. The first-order valence-corrected chi connectivity index (χ1v) is 5.31. The fourth-order valence-electron chi connectivity index (χ4n) is 0.979. The van der Waals surface area contributed by atoms with Crippen LogP contribution < -0.4 is 0 Å². The van der Waals surface area contributed by atoms with E-state index in [0.717, 1.165) is 0 Å². The molecule has 0 amide bonds. The van der Waals surface area contributed by atoms with Crippen LogP contribution in [0.15, 0.2) is 0 Å². The number of hydrogen-bond donors (Lipinski definition) is 2. The van der Waals surface area contributed by atoms with Crippen molar-refractivity contribution >= 4 is 5.97 Å². The van der Waals surface area contributed by atoms with Gasteiger partial charge >= 0.3 is 5.97 Å². The quantitative estimate of drug-likeness (QED) is 0.421. The summed E-state index contributed by atoms with van der Waals surface area (Å²) in [6, 6.07) is 0. The highest BCUT2D eigenvalue weighted by Crippen LogP contribution is 2.04. The van der Waals surface area contributed by atoms with Crippen LogP contribution in [0.5, 0.6) is 0 Å². The lowest BCUT2D eigenvalue weighted by Crippen LogP contribution is -2.28. The largest absolute Gasteiger partial charge is 0.466 e. The van der Waals surface area contributed by atoms with E-state index in [9.17, 15) is 4.79 Å². The number of carbonyl (C=O) groups excluding carboxylic acids is 1. The van der Waals surface area contributed by atoms with Crippen LogP contribution in [0.1, 0.15) is 20.3 Å². The molecule has 0 spiro atoms. The molecule has 2 atom stereocenters. The van der Waals surface area contributed by atoms with E-state index in [1.807, 2.05) is 0 Å². The van der Waals surface area contributed by atoms with Crippen LogP contribution in [0.2, 0.25) is 0 Å². The maximum absolute atomic E-state index is 11.1. The summed E-state index contributed by atoms with van der Waals surface area (Å²) in [6.07, 6.45) is -1.74. The van der Waals surface area contributed by atoms with Crippen LogP contribution in [0.25, 0.3) is 0 Å². The lowest BCUT2D eigenvalue weighted by molar-refractivity contribution is -0.177. The molecule has 0 heterocycles. The van der Waals surface area contributed by atoms with Gasteiger partial charge in [0, 0.05) is 6.61 Å². The first-order valence-electron chi connectivity index (χ1n) is 5.31. The Morgan fingerprint density at radius 3 is 2.44 bits per heavy atom. The molecule has 6 nitrogen and oxygen atoms in total. The standard InChI is InChI=1S/C10H20O6/c1-3-14-9(13)5-10(15-4-2)16-7-8(12)6-11/h8,10-12H,3-7H2,1-2H3. The molecular weight excluding hydrogens is 216 g/mol. The fourth-order valence-corrected chi connectivity index (χ4v) is 0.979. The second kappa shape index (κ2) is 9.53. The van der Waals surface area contributed by atoms with Gasteiger partial charge in [0.1, 0.15) is 6.10 Å². The van der Waals surface area contributed by atoms with Crippen LogP contribution >= 0.6 is 0 Å². The van der Waals surface area contributed by atoms with Crippen LogP contribution in [-0.2, 0) is 19.0 Å². The van der Waals surface area contributed by atoms with E-state index in [1.165, 1.54) is 0 Å². The van der Waals surface area contributed by atoms with Crippen molar-refractivity contribution in [3.63, 3.8) is 0 Å². The average Bonchev–Trinajstić information content (AvgIpc) is 2.26. The zero-order chi connectivity index (χ0) is 12.4. The average molecular weight is 236 g/mol. The van der Waals surface area contributed by atoms with Crippen molar-refractivity contribution in [3.05, 3.63) is 0 Å². The van der Waals surface area contributed by atoms with Gasteiger partial charge in [-0.1, -0.05) is 0 Å². The Labute approximate surface area is 95.1 Å². The number of aliphatic hydroxyl groups excluding tert-OH is 2. The maximum atomic E-state index is 11.1. The van der Waals surface area contributed by atoms with E-state index in [-0.39, 0.29) is 13.0 Å². The summed E-state index contributed by atoms with van der Waals surface area (Å²) >= 11 is 0.